The summed E-state index contributed by atoms with van der Waals surface area (Å²) in [4.78, 5) is 20.2. The van der Waals surface area contributed by atoms with Crippen LogP contribution in [0.3, 0.4) is 0 Å². The molecule has 0 saturated carbocycles. The molecule has 6 heteroatoms. The predicted octanol–water partition coefficient (Wildman–Crippen LogP) is 5.49. The van der Waals surface area contributed by atoms with E-state index in [9.17, 15) is 4.79 Å². The Morgan fingerprint density at radius 3 is 2.52 bits per heavy atom. The van der Waals surface area contributed by atoms with Gasteiger partial charge in [-0.1, -0.05) is 54.1 Å². The van der Waals surface area contributed by atoms with Gasteiger partial charge in [0.25, 0.3) is 0 Å². The first kappa shape index (κ1) is 19.0. The lowest BCUT2D eigenvalue weighted by atomic mass is 10.1. The van der Waals surface area contributed by atoms with Gasteiger partial charge in [0.15, 0.2) is 0 Å². The van der Waals surface area contributed by atoms with E-state index in [-0.39, 0.29) is 18.3 Å². The van der Waals surface area contributed by atoms with Gasteiger partial charge in [0, 0.05) is 5.56 Å². The zero-order chi connectivity index (χ0) is 17.9. The number of nitrogens with zero attached hydrogens (tertiary/aromatic N) is 1. The number of para-hydroxylation sites is 2. The van der Waals surface area contributed by atoms with E-state index < -0.39 is 0 Å². The number of nitrogens with one attached hydrogen (secondary N) is 2. The van der Waals surface area contributed by atoms with Crippen molar-refractivity contribution >= 4 is 46.6 Å². The SMILES string of the molecule is Cl.O=C(Cc1ccccc1)Nc1cc(-c2nc3ccccc3[nH]2)ccc1Cl. The standard InChI is InChI=1S/C21H16ClN3O.ClH/c22-16-11-10-15(21-24-17-8-4-5-9-18(17)25-21)13-19(16)23-20(26)12-14-6-2-1-3-7-14;/h1-11,13H,12H2,(H,23,26)(H,24,25);1H. The van der Waals surface area contributed by atoms with E-state index in [1.54, 1.807) is 6.07 Å². The molecule has 0 fully saturated rings. The molecule has 0 aliphatic rings. The molecule has 1 heterocycles. The second kappa shape index (κ2) is 8.25. The second-order valence-corrected chi connectivity index (χ2v) is 6.41. The zero-order valence-corrected chi connectivity index (χ0v) is 15.8. The van der Waals surface area contributed by atoms with Crippen molar-refractivity contribution in [1.29, 1.82) is 0 Å². The predicted molar refractivity (Wildman–Crippen MR) is 113 cm³/mol. The van der Waals surface area contributed by atoms with Gasteiger partial charge in [0.05, 0.1) is 28.2 Å². The third kappa shape index (κ3) is 4.30. The number of H-pyrrole nitrogens is 1. The van der Waals surface area contributed by atoms with Crippen LogP contribution in [0.2, 0.25) is 5.02 Å². The molecule has 0 spiro atoms. The van der Waals surface area contributed by atoms with Crippen LogP contribution < -0.4 is 5.32 Å². The molecule has 1 amide bonds. The monoisotopic (exact) mass is 397 g/mol. The molecule has 3 aromatic carbocycles. The Kier molecular flexibility index (Phi) is 5.79. The van der Waals surface area contributed by atoms with E-state index in [2.05, 4.69) is 15.3 Å². The lowest BCUT2D eigenvalue weighted by molar-refractivity contribution is -0.115. The van der Waals surface area contributed by atoms with Crippen LogP contribution in [-0.4, -0.2) is 15.9 Å². The summed E-state index contributed by atoms with van der Waals surface area (Å²) in [5, 5.41) is 3.38. The van der Waals surface area contributed by atoms with E-state index >= 15 is 0 Å². The van der Waals surface area contributed by atoms with Crippen LogP contribution in [0.15, 0.2) is 72.8 Å². The molecule has 1 aromatic heterocycles. The summed E-state index contributed by atoms with van der Waals surface area (Å²) < 4.78 is 0. The summed E-state index contributed by atoms with van der Waals surface area (Å²) in [5.41, 5.74) is 4.25. The fourth-order valence-electron chi connectivity index (χ4n) is 2.83. The summed E-state index contributed by atoms with van der Waals surface area (Å²) in [5.74, 6) is 0.626. The van der Waals surface area contributed by atoms with Gasteiger partial charge in [-0.2, -0.15) is 0 Å². The molecule has 0 bridgehead atoms. The Hall–Kier alpha value is -2.82. The number of amides is 1. The minimum Gasteiger partial charge on any atom is -0.338 e. The fourth-order valence-corrected chi connectivity index (χ4v) is 3.00. The maximum Gasteiger partial charge on any atom is 0.228 e. The number of hydrogen-bond donors (Lipinski definition) is 2. The molecular formula is C21H17Cl2N3O. The molecule has 0 radical (unpaired) electrons. The number of halogens is 2. The van der Waals surface area contributed by atoms with Crippen LogP contribution in [0.5, 0.6) is 0 Å². The molecular weight excluding hydrogens is 381 g/mol. The Morgan fingerprint density at radius 1 is 1.00 bits per heavy atom. The lowest BCUT2D eigenvalue weighted by Gasteiger charge is -2.09. The van der Waals surface area contributed by atoms with Gasteiger partial charge in [0.1, 0.15) is 5.82 Å². The number of fused-ring (bicyclic) bond motifs is 1. The van der Waals surface area contributed by atoms with Crippen LogP contribution in [-0.2, 0) is 11.2 Å². The van der Waals surface area contributed by atoms with Crippen LogP contribution in [0.25, 0.3) is 22.4 Å². The van der Waals surface area contributed by atoms with Crippen LogP contribution in [0.4, 0.5) is 5.69 Å². The van der Waals surface area contributed by atoms with Gasteiger partial charge in [-0.05, 0) is 35.9 Å². The fraction of sp³-hybridized carbons (Fsp3) is 0.0476. The number of anilines is 1. The topological polar surface area (TPSA) is 57.8 Å². The van der Waals surface area contributed by atoms with Crippen molar-refractivity contribution in [3.63, 3.8) is 0 Å². The molecule has 27 heavy (non-hydrogen) atoms. The first-order chi connectivity index (χ1) is 12.7. The number of carbonyl (C=O) groups excluding carboxylic acids is 1. The lowest BCUT2D eigenvalue weighted by Crippen LogP contribution is -2.14. The minimum atomic E-state index is -0.111. The van der Waals surface area contributed by atoms with Crippen molar-refractivity contribution in [2.45, 2.75) is 6.42 Å². The molecule has 0 aliphatic carbocycles. The van der Waals surface area contributed by atoms with E-state index in [0.29, 0.717) is 17.1 Å². The minimum absolute atomic E-state index is 0. The first-order valence-corrected chi connectivity index (χ1v) is 8.65. The van der Waals surface area contributed by atoms with Crippen molar-refractivity contribution in [2.75, 3.05) is 5.32 Å². The van der Waals surface area contributed by atoms with Gasteiger partial charge in [-0.15, -0.1) is 12.4 Å². The highest BCUT2D eigenvalue weighted by atomic mass is 35.5. The molecule has 4 aromatic rings. The number of hydrogen-bond acceptors (Lipinski definition) is 2. The Balaban J connectivity index is 0.00000210. The highest BCUT2D eigenvalue weighted by Gasteiger charge is 2.11. The molecule has 136 valence electrons. The summed E-state index contributed by atoms with van der Waals surface area (Å²) in [7, 11) is 0. The highest BCUT2D eigenvalue weighted by molar-refractivity contribution is 6.33. The molecule has 0 saturated heterocycles. The van der Waals surface area contributed by atoms with E-state index in [0.717, 1.165) is 28.0 Å². The average Bonchev–Trinajstić information content (AvgIpc) is 3.08. The number of benzene rings is 3. The van der Waals surface area contributed by atoms with Crippen molar-refractivity contribution in [1.82, 2.24) is 9.97 Å². The van der Waals surface area contributed by atoms with Gasteiger partial charge < -0.3 is 10.3 Å². The molecule has 0 unspecified atom stereocenters. The molecule has 2 N–H and O–H groups in total. The number of aromatic amines is 1. The summed E-state index contributed by atoms with van der Waals surface area (Å²) >= 11 is 6.26. The number of rotatable bonds is 4. The zero-order valence-electron chi connectivity index (χ0n) is 14.3. The maximum absolute atomic E-state index is 12.3. The third-order valence-electron chi connectivity index (χ3n) is 4.11. The maximum atomic E-state index is 12.3. The largest absolute Gasteiger partial charge is 0.338 e. The first-order valence-electron chi connectivity index (χ1n) is 8.27. The van der Waals surface area contributed by atoms with Crippen LogP contribution in [0, 0.1) is 0 Å². The summed E-state index contributed by atoms with van der Waals surface area (Å²) in [6, 6.07) is 22.9. The third-order valence-corrected chi connectivity index (χ3v) is 4.44. The molecule has 0 atom stereocenters. The number of carbonyl (C=O) groups is 1. The van der Waals surface area contributed by atoms with E-state index in [1.165, 1.54) is 0 Å². The van der Waals surface area contributed by atoms with Gasteiger partial charge in [-0.25, -0.2) is 4.98 Å². The number of imidazole rings is 1. The average molecular weight is 398 g/mol. The summed E-state index contributed by atoms with van der Waals surface area (Å²) in [6.45, 7) is 0. The van der Waals surface area contributed by atoms with Gasteiger partial charge in [-0.3, -0.25) is 4.79 Å². The molecule has 4 rings (SSSR count). The van der Waals surface area contributed by atoms with Gasteiger partial charge >= 0.3 is 0 Å². The Bertz CT molecular complexity index is 1040. The van der Waals surface area contributed by atoms with Crippen molar-refractivity contribution < 1.29 is 4.79 Å². The van der Waals surface area contributed by atoms with E-state index in [4.69, 9.17) is 11.6 Å². The van der Waals surface area contributed by atoms with Crippen molar-refractivity contribution in [3.8, 4) is 11.4 Å². The second-order valence-electron chi connectivity index (χ2n) is 6.01. The van der Waals surface area contributed by atoms with Gasteiger partial charge in [0.2, 0.25) is 5.91 Å². The molecule has 4 nitrogen and oxygen atoms in total. The quantitative estimate of drug-likeness (QED) is 0.478. The Labute approximate surface area is 168 Å². The smallest absolute Gasteiger partial charge is 0.228 e. The van der Waals surface area contributed by atoms with Crippen LogP contribution >= 0.6 is 24.0 Å². The van der Waals surface area contributed by atoms with Crippen LogP contribution in [0.1, 0.15) is 5.56 Å². The van der Waals surface area contributed by atoms with E-state index in [1.807, 2.05) is 66.7 Å². The highest BCUT2D eigenvalue weighted by Crippen LogP contribution is 2.28. The molecule has 0 aliphatic heterocycles. The van der Waals surface area contributed by atoms with Crippen molar-refractivity contribution in [3.05, 3.63) is 83.4 Å². The Morgan fingerprint density at radius 2 is 1.74 bits per heavy atom. The normalized spacial score (nSPS) is 10.4. The van der Waals surface area contributed by atoms with Crippen molar-refractivity contribution in [2.24, 2.45) is 0 Å². The summed E-state index contributed by atoms with van der Waals surface area (Å²) in [6.07, 6.45) is 0.298. The number of aromatic nitrogens is 2.